The van der Waals surface area contributed by atoms with Crippen molar-refractivity contribution in [3.8, 4) is 0 Å². The van der Waals surface area contributed by atoms with Crippen molar-refractivity contribution in [2.24, 2.45) is 0 Å². The van der Waals surface area contributed by atoms with Crippen LogP contribution in [0.25, 0.3) is 0 Å². The Morgan fingerprint density at radius 3 is 2.62 bits per heavy atom. The molecule has 4 nitrogen and oxygen atoms in total. The highest BCUT2D eigenvalue weighted by atomic mass is 32.1. The van der Waals surface area contributed by atoms with Crippen molar-refractivity contribution < 1.29 is 4.39 Å². The number of anilines is 1. The van der Waals surface area contributed by atoms with Gasteiger partial charge < -0.3 is 10.6 Å². The molecule has 0 amide bonds. The lowest BCUT2D eigenvalue weighted by Gasteiger charge is -2.16. The summed E-state index contributed by atoms with van der Waals surface area (Å²) in [7, 11) is 0. The zero-order valence-corrected chi connectivity index (χ0v) is 13.2. The molecule has 0 aliphatic rings. The van der Waals surface area contributed by atoms with Gasteiger partial charge in [-0.05, 0) is 57.3 Å². The van der Waals surface area contributed by atoms with Crippen molar-refractivity contribution in [2.45, 2.75) is 33.4 Å². The van der Waals surface area contributed by atoms with E-state index in [1.807, 2.05) is 24.7 Å². The van der Waals surface area contributed by atoms with E-state index in [1.165, 1.54) is 12.1 Å². The normalized spacial score (nSPS) is 12.0. The highest BCUT2D eigenvalue weighted by molar-refractivity contribution is 7.80. The number of rotatable bonds is 4. The fourth-order valence-corrected chi connectivity index (χ4v) is 2.39. The topological polar surface area (TPSA) is 41.9 Å². The van der Waals surface area contributed by atoms with Crippen molar-refractivity contribution >= 4 is 23.0 Å². The summed E-state index contributed by atoms with van der Waals surface area (Å²) in [5.41, 5.74) is 2.85. The molecule has 2 N–H and O–H groups in total. The van der Waals surface area contributed by atoms with Gasteiger partial charge in [-0.1, -0.05) is 0 Å². The smallest absolute Gasteiger partial charge is 0.171 e. The van der Waals surface area contributed by atoms with Crippen LogP contribution in [0.1, 0.15) is 31.1 Å². The number of nitrogens with one attached hydrogen (secondary N) is 2. The molecule has 0 spiro atoms. The van der Waals surface area contributed by atoms with Crippen LogP contribution < -0.4 is 10.6 Å². The van der Waals surface area contributed by atoms with Gasteiger partial charge >= 0.3 is 0 Å². The van der Waals surface area contributed by atoms with Crippen LogP contribution in [0.5, 0.6) is 0 Å². The van der Waals surface area contributed by atoms with E-state index in [0.29, 0.717) is 5.11 Å². The van der Waals surface area contributed by atoms with Gasteiger partial charge in [-0.3, -0.25) is 4.68 Å². The first kappa shape index (κ1) is 15.4. The van der Waals surface area contributed by atoms with Gasteiger partial charge in [-0.15, -0.1) is 0 Å². The molecule has 112 valence electrons. The Morgan fingerprint density at radius 1 is 1.38 bits per heavy atom. The summed E-state index contributed by atoms with van der Waals surface area (Å²) in [6, 6.07) is 6.13. The van der Waals surface area contributed by atoms with Crippen molar-refractivity contribution in [3.05, 3.63) is 47.5 Å². The van der Waals surface area contributed by atoms with Crippen LogP contribution in [-0.2, 0) is 6.54 Å². The van der Waals surface area contributed by atoms with E-state index >= 15 is 0 Å². The van der Waals surface area contributed by atoms with Crippen molar-refractivity contribution in [1.29, 1.82) is 0 Å². The molecule has 1 aromatic heterocycles. The molecule has 2 aromatic rings. The minimum atomic E-state index is -0.268. The molecule has 1 atom stereocenters. The third-order valence-corrected chi connectivity index (χ3v) is 3.44. The third-order valence-electron chi connectivity index (χ3n) is 3.22. The molecule has 1 unspecified atom stereocenters. The molecular weight excluding hydrogens is 287 g/mol. The minimum Gasteiger partial charge on any atom is -0.356 e. The Kier molecular flexibility index (Phi) is 4.90. The van der Waals surface area contributed by atoms with Gasteiger partial charge in [0.05, 0.1) is 11.7 Å². The number of halogens is 1. The van der Waals surface area contributed by atoms with Crippen LogP contribution >= 0.6 is 12.2 Å². The first-order chi connectivity index (χ1) is 9.99. The quantitative estimate of drug-likeness (QED) is 0.850. The highest BCUT2D eigenvalue weighted by Crippen LogP contribution is 2.16. The summed E-state index contributed by atoms with van der Waals surface area (Å²) in [6.07, 6.45) is 2.02. The third kappa shape index (κ3) is 4.01. The largest absolute Gasteiger partial charge is 0.356 e. The zero-order valence-electron chi connectivity index (χ0n) is 12.4. The number of benzene rings is 1. The van der Waals surface area contributed by atoms with Crippen LogP contribution in [-0.4, -0.2) is 14.9 Å². The second-order valence-electron chi connectivity index (χ2n) is 4.85. The predicted octanol–water partition coefficient (Wildman–Crippen LogP) is 3.40. The minimum absolute atomic E-state index is 0.0470. The summed E-state index contributed by atoms with van der Waals surface area (Å²) in [5.74, 6) is -0.268. The Hall–Kier alpha value is -1.95. The molecule has 0 bridgehead atoms. The number of hydrogen-bond donors (Lipinski definition) is 2. The van der Waals surface area contributed by atoms with Crippen molar-refractivity contribution in [2.75, 3.05) is 5.32 Å². The summed E-state index contributed by atoms with van der Waals surface area (Å²) in [4.78, 5) is 0. The van der Waals surface area contributed by atoms with Crippen LogP contribution in [0.2, 0.25) is 0 Å². The Bertz CT molecular complexity index is 621. The molecule has 0 saturated carbocycles. The summed E-state index contributed by atoms with van der Waals surface area (Å²) >= 11 is 5.28. The van der Waals surface area contributed by atoms with Crippen LogP contribution in [0.3, 0.4) is 0 Å². The van der Waals surface area contributed by atoms with E-state index in [2.05, 4.69) is 22.7 Å². The molecule has 0 aliphatic heterocycles. The number of hydrogen-bond acceptors (Lipinski definition) is 2. The first-order valence-electron chi connectivity index (χ1n) is 6.86. The molecule has 0 aliphatic carbocycles. The standard InChI is InChI=1S/C15H19FN4S/c1-4-20-9-14(11(3)19-20)10(2)17-15(21)18-13-7-5-12(16)6-8-13/h5-10H,4H2,1-3H3,(H2,17,18,21). The average molecular weight is 306 g/mol. The van der Waals surface area contributed by atoms with Crippen LogP contribution in [0.4, 0.5) is 10.1 Å². The molecule has 21 heavy (non-hydrogen) atoms. The number of aromatic nitrogens is 2. The van der Waals surface area contributed by atoms with E-state index in [1.54, 1.807) is 12.1 Å². The Labute approximate surface area is 129 Å². The summed E-state index contributed by atoms with van der Waals surface area (Å²) in [5, 5.41) is 11.2. The maximum absolute atomic E-state index is 12.9. The molecule has 0 saturated heterocycles. The number of nitrogens with zero attached hydrogens (tertiary/aromatic N) is 2. The lowest BCUT2D eigenvalue weighted by Crippen LogP contribution is -2.31. The second-order valence-corrected chi connectivity index (χ2v) is 5.26. The second kappa shape index (κ2) is 6.67. The van der Waals surface area contributed by atoms with Gasteiger partial charge in [0.2, 0.25) is 0 Å². The molecule has 1 heterocycles. The van der Waals surface area contributed by atoms with E-state index in [4.69, 9.17) is 12.2 Å². The van der Waals surface area contributed by atoms with E-state index in [9.17, 15) is 4.39 Å². The fraction of sp³-hybridized carbons (Fsp3) is 0.333. The molecule has 6 heteroatoms. The van der Waals surface area contributed by atoms with E-state index in [0.717, 1.165) is 23.5 Å². The van der Waals surface area contributed by atoms with Gasteiger partial charge in [0.15, 0.2) is 5.11 Å². The van der Waals surface area contributed by atoms with Crippen LogP contribution in [0.15, 0.2) is 30.5 Å². The van der Waals surface area contributed by atoms with Gasteiger partial charge in [0.25, 0.3) is 0 Å². The molecule has 0 fully saturated rings. The van der Waals surface area contributed by atoms with Crippen molar-refractivity contribution in [3.63, 3.8) is 0 Å². The highest BCUT2D eigenvalue weighted by Gasteiger charge is 2.13. The lowest BCUT2D eigenvalue weighted by molar-refractivity contribution is 0.628. The summed E-state index contributed by atoms with van der Waals surface area (Å²) < 4.78 is 14.8. The monoisotopic (exact) mass is 306 g/mol. The zero-order chi connectivity index (χ0) is 15.4. The van der Waals surface area contributed by atoms with Crippen molar-refractivity contribution in [1.82, 2.24) is 15.1 Å². The van der Waals surface area contributed by atoms with Gasteiger partial charge in [-0.25, -0.2) is 4.39 Å². The SMILES string of the molecule is CCn1cc(C(C)NC(=S)Nc2ccc(F)cc2)c(C)n1. The molecule has 2 rings (SSSR count). The Balaban J connectivity index is 1.98. The number of aryl methyl sites for hydroxylation is 2. The molecule has 1 aromatic carbocycles. The molecule has 0 radical (unpaired) electrons. The van der Waals surface area contributed by atoms with Gasteiger partial charge in [0.1, 0.15) is 5.82 Å². The maximum Gasteiger partial charge on any atom is 0.171 e. The lowest BCUT2D eigenvalue weighted by atomic mass is 10.1. The average Bonchev–Trinajstić information content (AvgIpc) is 2.82. The Morgan fingerprint density at radius 2 is 2.05 bits per heavy atom. The van der Waals surface area contributed by atoms with E-state index < -0.39 is 0 Å². The van der Waals surface area contributed by atoms with E-state index in [-0.39, 0.29) is 11.9 Å². The van der Waals surface area contributed by atoms with Crippen LogP contribution in [0, 0.1) is 12.7 Å². The molecular formula is C15H19FN4S. The van der Waals surface area contributed by atoms with Gasteiger partial charge in [0, 0.05) is 24.0 Å². The maximum atomic E-state index is 12.9. The van der Waals surface area contributed by atoms with Gasteiger partial charge in [-0.2, -0.15) is 5.10 Å². The predicted molar refractivity (Wildman–Crippen MR) is 86.8 cm³/mol. The fourth-order valence-electron chi connectivity index (χ4n) is 2.10. The number of thiocarbonyl (C=S) groups is 1. The first-order valence-corrected chi connectivity index (χ1v) is 7.27. The summed E-state index contributed by atoms with van der Waals surface area (Å²) in [6.45, 7) is 6.90.